The molecule has 3 fully saturated rings. The van der Waals surface area contributed by atoms with E-state index in [1.54, 1.807) is 16.7 Å². The highest BCUT2D eigenvalue weighted by Gasteiger charge is 2.57. The van der Waals surface area contributed by atoms with Crippen LogP contribution in [0.15, 0.2) is 132 Å². The number of anilines is 3. The van der Waals surface area contributed by atoms with Crippen LogP contribution in [-0.4, -0.2) is 0 Å². The highest BCUT2D eigenvalue weighted by atomic mass is 16.3. The smallest absolute Gasteiger partial charge is 0.137 e. The van der Waals surface area contributed by atoms with Crippen molar-refractivity contribution in [1.29, 1.82) is 0 Å². The van der Waals surface area contributed by atoms with Gasteiger partial charge in [-0.3, -0.25) is 0 Å². The fourth-order valence-electron chi connectivity index (χ4n) is 13.9. The van der Waals surface area contributed by atoms with Crippen LogP contribution in [0.5, 0.6) is 0 Å². The summed E-state index contributed by atoms with van der Waals surface area (Å²) in [6.07, 6.45) is 11.7. The maximum atomic E-state index is 6.63. The minimum atomic E-state index is -0.0146. The van der Waals surface area contributed by atoms with Crippen molar-refractivity contribution in [1.82, 2.24) is 0 Å². The van der Waals surface area contributed by atoms with Gasteiger partial charge in [0, 0.05) is 27.5 Å². The molecule has 4 unspecified atom stereocenters. The number of rotatable bonds is 5. The van der Waals surface area contributed by atoms with Crippen LogP contribution in [0.2, 0.25) is 0 Å². The lowest BCUT2D eigenvalue weighted by atomic mass is 9.64. The van der Waals surface area contributed by atoms with Gasteiger partial charge in [0.25, 0.3) is 0 Å². The van der Waals surface area contributed by atoms with Crippen LogP contribution in [0.1, 0.15) is 101 Å². The van der Waals surface area contributed by atoms with Gasteiger partial charge in [-0.25, -0.2) is 0 Å². The van der Waals surface area contributed by atoms with Crippen LogP contribution in [0.3, 0.4) is 0 Å². The molecule has 5 aliphatic carbocycles. The molecule has 2 heteroatoms. The molecule has 0 N–H and O–H groups in total. The van der Waals surface area contributed by atoms with E-state index >= 15 is 0 Å². The molecule has 2 nitrogen and oxygen atoms in total. The van der Waals surface area contributed by atoms with Crippen molar-refractivity contribution in [3.8, 4) is 22.3 Å². The fraction of sp³-hybridized carbons (Fsp3) is 0.345. The van der Waals surface area contributed by atoms with Crippen molar-refractivity contribution in [3.63, 3.8) is 0 Å². The molecule has 0 radical (unpaired) electrons. The zero-order chi connectivity index (χ0) is 38.0. The second kappa shape index (κ2) is 12.5. The minimum absolute atomic E-state index is 0.0146. The molecular formula is C55H53NO. The molecule has 2 spiro atoms. The Balaban J connectivity index is 1.15. The first-order valence-corrected chi connectivity index (χ1v) is 22.2. The first-order chi connectivity index (χ1) is 28.0. The second-order valence-corrected chi connectivity index (χ2v) is 18.8. The predicted octanol–water partition coefficient (Wildman–Crippen LogP) is 15.3. The molecule has 7 atom stereocenters. The highest BCUT2D eigenvalue weighted by Crippen LogP contribution is 2.67. The first-order valence-electron chi connectivity index (χ1n) is 22.2. The molecule has 0 amide bonds. The van der Waals surface area contributed by atoms with Gasteiger partial charge in [-0.05, 0) is 143 Å². The third-order valence-electron chi connectivity index (χ3n) is 16.3. The van der Waals surface area contributed by atoms with Gasteiger partial charge in [-0.15, -0.1) is 0 Å². The van der Waals surface area contributed by atoms with Gasteiger partial charge in [0.15, 0.2) is 0 Å². The summed E-state index contributed by atoms with van der Waals surface area (Å²) in [4.78, 5) is 2.65. The molecule has 57 heavy (non-hydrogen) atoms. The summed E-state index contributed by atoms with van der Waals surface area (Å²) in [5.74, 6) is 3.56. The molecular weight excluding hydrogens is 691 g/mol. The van der Waals surface area contributed by atoms with Gasteiger partial charge in [-0.2, -0.15) is 0 Å². The SMILES string of the molecule is CCC1C[C@@H](CC)C[C@@]2(c3ccccc3-c3c(N(c4ccc5c(c4)C4(CC6CCC4C6)c4ccccc4-5)c4cccc5oc6ccccc6c45)cccc32)[C@@H](C)C1. The Morgan fingerprint density at radius 1 is 0.579 bits per heavy atom. The first kappa shape index (κ1) is 34.0. The van der Waals surface area contributed by atoms with E-state index in [-0.39, 0.29) is 10.8 Å². The van der Waals surface area contributed by atoms with E-state index in [0.29, 0.717) is 17.8 Å². The van der Waals surface area contributed by atoms with Crippen LogP contribution in [0, 0.1) is 29.6 Å². The van der Waals surface area contributed by atoms with Crippen LogP contribution in [0.4, 0.5) is 17.1 Å². The zero-order valence-corrected chi connectivity index (χ0v) is 33.7. The van der Waals surface area contributed by atoms with Crippen molar-refractivity contribution in [3.05, 3.63) is 150 Å². The number of para-hydroxylation sites is 1. The van der Waals surface area contributed by atoms with E-state index in [2.05, 4.69) is 153 Å². The minimum Gasteiger partial charge on any atom is -0.456 e. The molecule has 12 rings (SSSR count). The maximum absolute atomic E-state index is 6.63. The predicted molar refractivity (Wildman–Crippen MR) is 237 cm³/mol. The van der Waals surface area contributed by atoms with Crippen LogP contribution < -0.4 is 4.90 Å². The molecule has 0 saturated heterocycles. The zero-order valence-electron chi connectivity index (χ0n) is 33.7. The Morgan fingerprint density at radius 3 is 2.09 bits per heavy atom. The van der Waals surface area contributed by atoms with Crippen molar-refractivity contribution in [2.75, 3.05) is 4.90 Å². The largest absolute Gasteiger partial charge is 0.456 e. The number of hydrogen-bond donors (Lipinski definition) is 0. The lowest BCUT2D eigenvalue weighted by molar-refractivity contribution is 0.291. The monoisotopic (exact) mass is 743 g/mol. The Kier molecular flexibility index (Phi) is 7.43. The lowest BCUT2D eigenvalue weighted by Gasteiger charge is -2.39. The summed E-state index contributed by atoms with van der Waals surface area (Å²) in [6, 6.07) is 49.1. The van der Waals surface area contributed by atoms with Gasteiger partial charge in [0.05, 0.1) is 16.8 Å². The number of fused-ring (bicyclic) bond motifs is 16. The van der Waals surface area contributed by atoms with E-state index in [0.717, 1.165) is 23.0 Å². The molecule has 2 bridgehead atoms. The van der Waals surface area contributed by atoms with Crippen molar-refractivity contribution in [2.45, 2.75) is 89.4 Å². The summed E-state index contributed by atoms with van der Waals surface area (Å²) in [7, 11) is 0. The van der Waals surface area contributed by atoms with E-state index in [9.17, 15) is 0 Å². The number of benzene rings is 6. The Hall–Kier alpha value is -5.08. The topological polar surface area (TPSA) is 16.4 Å². The molecule has 1 aromatic heterocycles. The summed E-state index contributed by atoms with van der Waals surface area (Å²) in [6.45, 7) is 7.44. The van der Waals surface area contributed by atoms with Gasteiger partial charge >= 0.3 is 0 Å². The van der Waals surface area contributed by atoms with Crippen molar-refractivity contribution >= 4 is 39.0 Å². The summed E-state index contributed by atoms with van der Waals surface area (Å²) >= 11 is 0. The summed E-state index contributed by atoms with van der Waals surface area (Å²) < 4.78 is 6.63. The average molecular weight is 744 g/mol. The van der Waals surface area contributed by atoms with Crippen LogP contribution in [-0.2, 0) is 10.8 Å². The van der Waals surface area contributed by atoms with Gasteiger partial charge in [0.2, 0.25) is 0 Å². The summed E-state index contributed by atoms with van der Waals surface area (Å²) in [5, 5.41) is 2.36. The third-order valence-corrected chi connectivity index (χ3v) is 16.3. The Labute approximate surface area is 337 Å². The molecule has 7 aromatic rings. The van der Waals surface area contributed by atoms with Gasteiger partial charge < -0.3 is 9.32 Å². The molecule has 1 heterocycles. The van der Waals surface area contributed by atoms with Crippen molar-refractivity contribution in [2.24, 2.45) is 29.6 Å². The molecule has 5 aliphatic rings. The maximum Gasteiger partial charge on any atom is 0.137 e. The third kappa shape index (κ3) is 4.54. The van der Waals surface area contributed by atoms with E-state index < -0.39 is 0 Å². The number of hydrogen-bond acceptors (Lipinski definition) is 2. The van der Waals surface area contributed by atoms with E-state index in [1.165, 1.54) is 113 Å². The molecule has 0 aliphatic heterocycles. The number of furan rings is 1. The standard InChI is InChI=1S/C55H53NO/c1-4-35-28-34(3)54(32-36(5-2)29-35)45-18-10-7-15-42(45)52-46(54)19-12-20-48(52)56(49-21-13-23-51-53(49)43-16-8-11-22-50(43)57-51)39-26-27-41-40-14-6-9-17-44(40)55(47(41)31-39)33-37-24-25-38(55)30-37/h6-23,26-27,31,34-38H,4-5,24-25,28-30,32-33H2,1-3H3/t34-,35?,36+,37?,38?,54-,55?/m0/s1. The summed E-state index contributed by atoms with van der Waals surface area (Å²) in [5.41, 5.74) is 17.6. The quantitative estimate of drug-likeness (QED) is 0.175. The van der Waals surface area contributed by atoms with Crippen LogP contribution in [0.25, 0.3) is 44.2 Å². The van der Waals surface area contributed by atoms with Crippen molar-refractivity contribution < 1.29 is 4.42 Å². The molecule has 6 aromatic carbocycles. The Bertz CT molecular complexity index is 2740. The van der Waals surface area contributed by atoms with Gasteiger partial charge in [-0.1, -0.05) is 131 Å². The molecule has 284 valence electrons. The van der Waals surface area contributed by atoms with E-state index in [4.69, 9.17) is 4.42 Å². The van der Waals surface area contributed by atoms with Crippen LogP contribution >= 0.6 is 0 Å². The highest BCUT2D eigenvalue weighted by molar-refractivity contribution is 6.14. The fourth-order valence-corrected chi connectivity index (χ4v) is 13.9. The van der Waals surface area contributed by atoms with E-state index in [1.807, 2.05) is 0 Å². The molecule has 3 saturated carbocycles. The average Bonchev–Trinajstić information content (AvgIpc) is 4.06. The second-order valence-electron chi connectivity index (χ2n) is 18.8. The number of nitrogens with zero attached hydrogens (tertiary/aromatic N) is 1. The Morgan fingerprint density at radius 2 is 1.28 bits per heavy atom. The van der Waals surface area contributed by atoms with Gasteiger partial charge in [0.1, 0.15) is 11.2 Å². The normalized spacial score (nSPS) is 27.9. The lowest BCUT2D eigenvalue weighted by Crippen LogP contribution is -2.34.